The van der Waals surface area contributed by atoms with Crippen molar-refractivity contribution in [3.8, 4) is 11.5 Å². The fourth-order valence-corrected chi connectivity index (χ4v) is 3.26. The number of hydrogen-bond acceptors (Lipinski definition) is 5. The molecule has 0 radical (unpaired) electrons. The second-order valence-electron chi connectivity index (χ2n) is 4.94. The SMILES string of the molecule is COc1ccc(S(=O)(=O)Nc2ccc(C)cc2CO)cc1OC. The fourth-order valence-electron chi connectivity index (χ4n) is 2.14. The molecular formula is C16H19NO5S. The van der Waals surface area contributed by atoms with Crippen LogP contribution in [0.15, 0.2) is 41.3 Å². The van der Waals surface area contributed by atoms with Crippen LogP contribution in [-0.2, 0) is 16.6 Å². The largest absolute Gasteiger partial charge is 0.493 e. The summed E-state index contributed by atoms with van der Waals surface area (Å²) in [5.74, 6) is 0.763. The number of aliphatic hydroxyl groups is 1. The second kappa shape index (κ2) is 6.89. The maximum atomic E-state index is 12.5. The quantitative estimate of drug-likeness (QED) is 0.845. The van der Waals surface area contributed by atoms with Crippen molar-refractivity contribution in [3.63, 3.8) is 0 Å². The molecular weight excluding hydrogens is 318 g/mol. The smallest absolute Gasteiger partial charge is 0.262 e. The monoisotopic (exact) mass is 337 g/mol. The van der Waals surface area contributed by atoms with E-state index in [1.807, 2.05) is 6.92 Å². The molecule has 0 aliphatic heterocycles. The molecule has 0 aliphatic rings. The van der Waals surface area contributed by atoms with Gasteiger partial charge in [0.2, 0.25) is 0 Å². The lowest BCUT2D eigenvalue weighted by atomic mass is 10.1. The van der Waals surface area contributed by atoms with Crippen LogP contribution in [0.25, 0.3) is 0 Å². The van der Waals surface area contributed by atoms with Gasteiger partial charge in [-0.1, -0.05) is 17.7 Å². The Morgan fingerprint density at radius 3 is 2.35 bits per heavy atom. The van der Waals surface area contributed by atoms with Crippen LogP contribution >= 0.6 is 0 Å². The van der Waals surface area contributed by atoms with Crippen LogP contribution in [0.1, 0.15) is 11.1 Å². The molecule has 6 nitrogen and oxygen atoms in total. The molecule has 0 unspecified atom stereocenters. The van der Waals surface area contributed by atoms with Gasteiger partial charge in [-0.2, -0.15) is 0 Å². The minimum absolute atomic E-state index is 0.0413. The van der Waals surface area contributed by atoms with E-state index >= 15 is 0 Å². The zero-order valence-corrected chi connectivity index (χ0v) is 14.0. The Morgan fingerprint density at radius 2 is 1.74 bits per heavy atom. The van der Waals surface area contributed by atoms with Crippen LogP contribution in [0, 0.1) is 6.92 Å². The Hall–Kier alpha value is -2.25. The van der Waals surface area contributed by atoms with Crippen LogP contribution < -0.4 is 14.2 Å². The van der Waals surface area contributed by atoms with Crippen LogP contribution in [0.3, 0.4) is 0 Å². The number of anilines is 1. The van der Waals surface area contributed by atoms with Crippen molar-refractivity contribution in [1.29, 1.82) is 0 Å². The molecule has 0 fully saturated rings. The number of methoxy groups -OCH3 is 2. The summed E-state index contributed by atoms with van der Waals surface area (Å²) in [5.41, 5.74) is 1.78. The van der Waals surface area contributed by atoms with Crippen LogP contribution in [0.2, 0.25) is 0 Å². The third-order valence-electron chi connectivity index (χ3n) is 3.34. The molecule has 7 heteroatoms. The molecule has 2 rings (SSSR count). The van der Waals surface area contributed by atoms with Crippen molar-refractivity contribution in [2.24, 2.45) is 0 Å². The van der Waals surface area contributed by atoms with E-state index in [0.717, 1.165) is 5.56 Å². The first-order valence-corrected chi connectivity index (χ1v) is 8.35. The minimum Gasteiger partial charge on any atom is -0.493 e. The van der Waals surface area contributed by atoms with Crippen molar-refractivity contribution in [3.05, 3.63) is 47.5 Å². The lowest BCUT2D eigenvalue weighted by molar-refractivity contribution is 0.282. The zero-order valence-electron chi connectivity index (χ0n) is 13.2. The summed E-state index contributed by atoms with van der Waals surface area (Å²) in [5, 5.41) is 9.39. The highest BCUT2D eigenvalue weighted by Crippen LogP contribution is 2.30. The normalized spacial score (nSPS) is 11.1. The molecule has 0 saturated carbocycles. The fraction of sp³-hybridized carbons (Fsp3) is 0.250. The average molecular weight is 337 g/mol. The number of hydrogen-bond donors (Lipinski definition) is 2. The average Bonchev–Trinajstić information content (AvgIpc) is 2.55. The number of ether oxygens (including phenoxy) is 2. The van der Waals surface area contributed by atoms with Crippen LogP contribution in [0.5, 0.6) is 11.5 Å². The van der Waals surface area contributed by atoms with Crippen molar-refractivity contribution >= 4 is 15.7 Å². The standard InChI is InChI=1S/C16H19NO5S/c1-11-4-6-14(12(8-11)10-18)17-23(19,20)13-5-7-15(21-2)16(9-13)22-3/h4-9,17-18H,10H2,1-3H3. The molecule has 0 bridgehead atoms. The minimum atomic E-state index is -3.81. The van der Waals surface area contributed by atoms with Crippen LogP contribution in [-0.4, -0.2) is 27.7 Å². The Labute approximate surface area is 135 Å². The molecule has 0 aromatic heterocycles. The molecule has 2 aromatic rings. The lowest BCUT2D eigenvalue weighted by Gasteiger charge is -2.14. The van der Waals surface area contributed by atoms with Crippen LogP contribution in [0.4, 0.5) is 5.69 Å². The number of benzene rings is 2. The van der Waals surface area contributed by atoms with Crippen molar-refractivity contribution in [2.45, 2.75) is 18.4 Å². The van der Waals surface area contributed by atoms with E-state index in [2.05, 4.69) is 4.72 Å². The Morgan fingerprint density at radius 1 is 1.04 bits per heavy atom. The summed E-state index contributed by atoms with van der Waals surface area (Å²) in [4.78, 5) is 0.0413. The maximum Gasteiger partial charge on any atom is 0.262 e. The van der Waals surface area contributed by atoms with Crippen molar-refractivity contribution in [1.82, 2.24) is 0 Å². The van der Waals surface area contributed by atoms with Gasteiger partial charge in [-0.15, -0.1) is 0 Å². The van der Waals surface area contributed by atoms with E-state index in [0.29, 0.717) is 22.7 Å². The van der Waals surface area contributed by atoms with Gasteiger partial charge < -0.3 is 14.6 Å². The first kappa shape index (κ1) is 17.1. The zero-order chi connectivity index (χ0) is 17.0. The molecule has 0 spiro atoms. The highest BCUT2D eigenvalue weighted by atomic mass is 32.2. The van der Waals surface area contributed by atoms with Crippen molar-refractivity contribution < 1.29 is 23.0 Å². The summed E-state index contributed by atoms with van der Waals surface area (Å²) in [6, 6.07) is 9.46. The molecule has 0 amide bonds. The van der Waals surface area contributed by atoms with Gasteiger partial charge in [-0.25, -0.2) is 8.42 Å². The third-order valence-corrected chi connectivity index (χ3v) is 4.70. The number of rotatable bonds is 6. The highest BCUT2D eigenvalue weighted by Gasteiger charge is 2.18. The molecule has 23 heavy (non-hydrogen) atoms. The van der Waals surface area contributed by atoms with Gasteiger partial charge in [-0.3, -0.25) is 4.72 Å². The maximum absolute atomic E-state index is 12.5. The van der Waals surface area contributed by atoms with Gasteiger partial charge in [0.15, 0.2) is 11.5 Å². The first-order valence-electron chi connectivity index (χ1n) is 6.86. The molecule has 124 valence electrons. The van der Waals surface area contributed by atoms with Gasteiger partial charge in [0.1, 0.15) is 0 Å². The molecule has 0 aliphatic carbocycles. The van der Waals surface area contributed by atoms with E-state index in [4.69, 9.17) is 9.47 Å². The second-order valence-corrected chi connectivity index (χ2v) is 6.62. The summed E-state index contributed by atoms with van der Waals surface area (Å²) in [6.07, 6.45) is 0. The van der Waals surface area contributed by atoms with E-state index in [1.165, 1.54) is 32.4 Å². The molecule has 0 atom stereocenters. The van der Waals surface area contributed by atoms with Gasteiger partial charge in [0, 0.05) is 11.6 Å². The number of aryl methyl sites for hydroxylation is 1. The Balaban J connectivity index is 2.40. The molecule has 0 heterocycles. The lowest BCUT2D eigenvalue weighted by Crippen LogP contribution is -2.14. The molecule has 2 aromatic carbocycles. The van der Waals surface area contributed by atoms with E-state index < -0.39 is 10.0 Å². The number of aliphatic hydroxyl groups excluding tert-OH is 1. The van der Waals surface area contributed by atoms with Gasteiger partial charge >= 0.3 is 0 Å². The summed E-state index contributed by atoms with van der Waals surface area (Å²) in [7, 11) is -0.901. The number of nitrogens with one attached hydrogen (secondary N) is 1. The van der Waals surface area contributed by atoms with E-state index in [9.17, 15) is 13.5 Å². The third kappa shape index (κ3) is 3.75. The van der Waals surface area contributed by atoms with E-state index in [-0.39, 0.29) is 11.5 Å². The summed E-state index contributed by atoms with van der Waals surface area (Å²) < 4.78 is 37.8. The van der Waals surface area contributed by atoms with E-state index in [1.54, 1.807) is 18.2 Å². The molecule has 2 N–H and O–H groups in total. The van der Waals surface area contributed by atoms with Gasteiger partial charge in [0.05, 0.1) is 31.4 Å². The Kier molecular flexibility index (Phi) is 5.12. The van der Waals surface area contributed by atoms with Gasteiger partial charge in [-0.05, 0) is 25.1 Å². The predicted octanol–water partition coefficient (Wildman–Crippen LogP) is 2.31. The summed E-state index contributed by atoms with van der Waals surface area (Å²) in [6.45, 7) is 1.61. The number of sulfonamides is 1. The first-order chi connectivity index (χ1) is 10.9. The van der Waals surface area contributed by atoms with Crippen molar-refractivity contribution in [2.75, 3.05) is 18.9 Å². The summed E-state index contributed by atoms with van der Waals surface area (Å²) >= 11 is 0. The highest BCUT2D eigenvalue weighted by molar-refractivity contribution is 7.92. The van der Waals surface area contributed by atoms with Gasteiger partial charge in [0.25, 0.3) is 10.0 Å². The molecule has 0 saturated heterocycles. The Bertz CT molecular complexity index is 802. The topological polar surface area (TPSA) is 84.9 Å². The predicted molar refractivity (Wildman–Crippen MR) is 87.5 cm³/mol.